The van der Waals surface area contributed by atoms with E-state index in [0.29, 0.717) is 19.0 Å². The van der Waals surface area contributed by atoms with E-state index >= 15 is 0 Å². The Bertz CT molecular complexity index is 985. The van der Waals surface area contributed by atoms with Crippen LogP contribution in [0.5, 0.6) is 0 Å². The van der Waals surface area contributed by atoms with Gasteiger partial charge in [-0.1, -0.05) is 72.4 Å². The molecule has 0 N–H and O–H groups in total. The van der Waals surface area contributed by atoms with Gasteiger partial charge >= 0.3 is 0 Å². The molecule has 1 unspecified atom stereocenters. The third-order valence-corrected chi connectivity index (χ3v) is 6.90. The van der Waals surface area contributed by atoms with E-state index in [1.807, 2.05) is 48.3 Å². The zero-order chi connectivity index (χ0) is 21.6. The second-order valence-electron chi connectivity index (χ2n) is 7.80. The number of nitrogens with zero attached hydrogens (tertiary/aromatic N) is 4. The van der Waals surface area contributed by atoms with E-state index in [9.17, 15) is 4.79 Å². The molecule has 1 fully saturated rings. The van der Waals surface area contributed by atoms with Gasteiger partial charge in [0.25, 0.3) is 5.91 Å². The Morgan fingerprint density at radius 3 is 2.35 bits per heavy atom. The van der Waals surface area contributed by atoms with Gasteiger partial charge in [0.05, 0.1) is 0 Å². The quantitative estimate of drug-likeness (QED) is 0.520. The van der Waals surface area contributed by atoms with Crippen LogP contribution in [0.25, 0.3) is 0 Å². The molecule has 1 saturated heterocycles. The smallest absolute Gasteiger partial charge is 0.256 e. The fourth-order valence-electron chi connectivity index (χ4n) is 4.06. The minimum Gasteiger partial charge on any atom is -0.367 e. The van der Waals surface area contributed by atoms with E-state index in [4.69, 9.17) is 4.74 Å². The van der Waals surface area contributed by atoms with Crippen LogP contribution in [0.4, 0.5) is 0 Å². The first-order valence-corrected chi connectivity index (χ1v) is 11.6. The maximum absolute atomic E-state index is 13.0. The highest BCUT2D eigenvalue weighted by Crippen LogP contribution is 2.31. The molecule has 162 valence electrons. The minimum absolute atomic E-state index is 0.0317. The number of carbonyl (C=O) groups excluding carboxylic acids is 1. The summed E-state index contributed by atoms with van der Waals surface area (Å²) < 4.78 is 7.64. The molecular weight excluding hydrogens is 408 g/mol. The summed E-state index contributed by atoms with van der Waals surface area (Å²) >= 11 is 1.70. The number of likely N-dealkylation sites (tertiary alicyclic amines) is 1. The van der Waals surface area contributed by atoms with Gasteiger partial charge in [-0.05, 0) is 24.0 Å². The van der Waals surface area contributed by atoms with Crippen LogP contribution < -0.4 is 0 Å². The Kier molecular flexibility index (Phi) is 7.04. The summed E-state index contributed by atoms with van der Waals surface area (Å²) in [5.41, 5.74) is 2.17. The molecule has 7 heteroatoms. The van der Waals surface area contributed by atoms with E-state index in [0.717, 1.165) is 35.1 Å². The van der Waals surface area contributed by atoms with Crippen LogP contribution in [0.3, 0.4) is 0 Å². The van der Waals surface area contributed by atoms with Crippen molar-refractivity contribution in [2.45, 2.75) is 35.8 Å². The summed E-state index contributed by atoms with van der Waals surface area (Å²) in [6.07, 6.45) is 1.21. The number of hydrogen-bond acceptors (Lipinski definition) is 5. The third kappa shape index (κ3) is 4.99. The molecule has 2 heterocycles. The average molecular weight is 437 g/mol. The SMILES string of the molecule is COC(C(=O)N1CCC(c2nnc(SCc3ccccc3)n2C)CC1)c1ccccc1. The minimum atomic E-state index is -0.548. The maximum atomic E-state index is 13.0. The number of rotatable bonds is 7. The van der Waals surface area contributed by atoms with Crippen molar-refractivity contribution in [3.8, 4) is 0 Å². The van der Waals surface area contributed by atoms with Gasteiger partial charge in [-0.15, -0.1) is 10.2 Å². The van der Waals surface area contributed by atoms with Crippen molar-refractivity contribution in [3.63, 3.8) is 0 Å². The summed E-state index contributed by atoms with van der Waals surface area (Å²) in [6.45, 7) is 1.41. The van der Waals surface area contributed by atoms with Gasteiger partial charge in [0.15, 0.2) is 11.3 Å². The van der Waals surface area contributed by atoms with Crippen LogP contribution in [-0.2, 0) is 22.3 Å². The number of benzene rings is 2. The molecule has 6 nitrogen and oxygen atoms in total. The van der Waals surface area contributed by atoms with Gasteiger partial charge in [0.1, 0.15) is 5.82 Å². The lowest BCUT2D eigenvalue weighted by Gasteiger charge is -2.33. The summed E-state index contributed by atoms with van der Waals surface area (Å²) in [4.78, 5) is 14.9. The summed E-state index contributed by atoms with van der Waals surface area (Å²) in [6, 6.07) is 20.1. The van der Waals surface area contributed by atoms with E-state index in [1.54, 1.807) is 18.9 Å². The zero-order valence-corrected chi connectivity index (χ0v) is 18.8. The van der Waals surface area contributed by atoms with Crippen molar-refractivity contribution >= 4 is 17.7 Å². The van der Waals surface area contributed by atoms with Crippen LogP contribution in [0.1, 0.15) is 41.8 Å². The fourth-order valence-corrected chi connectivity index (χ4v) is 4.93. The molecule has 0 bridgehead atoms. The summed E-state index contributed by atoms with van der Waals surface area (Å²) in [5.74, 6) is 2.22. The van der Waals surface area contributed by atoms with Crippen LogP contribution >= 0.6 is 11.8 Å². The first-order valence-electron chi connectivity index (χ1n) is 10.6. The monoisotopic (exact) mass is 436 g/mol. The molecule has 1 atom stereocenters. The van der Waals surface area contributed by atoms with E-state index < -0.39 is 6.10 Å². The Hall–Kier alpha value is -2.64. The van der Waals surface area contributed by atoms with Crippen LogP contribution in [0.2, 0.25) is 0 Å². The van der Waals surface area contributed by atoms with Crippen LogP contribution in [0.15, 0.2) is 65.8 Å². The molecule has 31 heavy (non-hydrogen) atoms. The third-order valence-electron chi connectivity index (χ3n) is 5.81. The van der Waals surface area contributed by atoms with Crippen molar-refractivity contribution in [1.82, 2.24) is 19.7 Å². The number of carbonyl (C=O) groups is 1. The van der Waals surface area contributed by atoms with E-state index in [-0.39, 0.29) is 5.91 Å². The Morgan fingerprint density at radius 1 is 1.06 bits per heavy atom. The highest BCUT2D eigenvalue weighted by atomic mass is 32.2. The zero-order valence-electron chi connectivity index (χ0n) is 18.0. The van der Waals surface area contributed by atoms with Crippen molar-refractivity contribution in [1.29, 1.82) is 0 Å². The second-order valence-corrected chi connectivity index (χ2v) is 8.74. The Balaban J connectivity index is 1.35. The molecular formula is C24H28N4O2S. The van der Waals surface area contributed by atoms with Gasteiger partial charge in [-0.25, -0.2) is 0 Å². The highest BCUT2D eigenvalue weighted by molar-refractivity contribution is 7.98. The van der Waals surface area contributed by atoms with Crippen molar-refractivity contribution in [2.24, 2.45) is 7.05 Å². The molecule has 0 radical (unpaired) electrons. The number of methoxy groups -OCH3 is 1. The standard InChI is InChI=1S/C24H28N4O2S/c1-27-22(25-26-24(27)31-17-18-9-5-3-6-10-18)20-13-15-28(16-14-20)23(29)21(30-2)19-11-7-4-8-12-19/h3-12,20-21H,13-17H2,1-2H3. The molecule has 4 rings (SSSR count). The second kappa shape index (κ2) is 10.1. The van der Waals surface area contributed by atoms with Gasteiger partial charge in [-0.2, -0.15) is 0 Å². The van der Waals surface area contributed by atoms with Crippen LogP contribution in [0, 0.1) is 0 Å². The lowest BCUT2D eigenvalue weighted by atomic mass is 9.95. The fraction of sp³-hybridized carbons (Fsp3) is 0.375. The predicted octanol–water partition coefficient (Wildman–Crippen LogP) is 4.20. The van der Waals surface area contributed by atoms with Crippen molar-refractivity contribution in [3.05, 3.63) is 77.6 Å². The van der Waals surface area contributed by atoms with E-state index in [1.165, 1.54) is 5.56 Å². The van der Waals surface area contributed by atoms with Crippen molar-refractivity contribution < 1.29 is 9.53 Å². The average Bonchev–Trinajstić information content (AvgIpc) is 3.20. The molecule has 2 aromatic carbocycles. The molecule has 1 amide bonds. The molecule has 0 saturated carbocycles. The summed E-state index contributed by atoms with van der Waals surface area (Å²) in [5, 5.41) is 9.83. The molecule has 1 aliphatic heterocycles. The number of hydrogen-bond donors (Lipinski definition) is 0. The maximum Gasteiger partial charge on any atom is 0.256 e. The topological polar surface area (TPSA) is 60.2 Å². The number of amides is 1. The van der Waals surface area contributed by atoms with E-state index in [2.05, 4.69) is 39.0 Å². The number of thioether (sulfide) groups is 1. The molecule has 0 spiro atoms. The Morgan fingerprint density at radius 2 is 1.71 bits per heavy atom. The number of aromatic nitrogens is 3. The summed E-state index contributed by atoms with van der Waals surface area (Å²) in [7, 11) is 3.63. The lowest BCUT2D eigenvalue weighted by Crippen LogP contribution is -2.41. The van der Waals surface area contributed by atoms with Gasteiger partial charge in [0, 0.05) is 38.9 Å². The lowest BCUT2D eigenvalue weighted by molar-refractivity contribution is -0.143. The first-order chi connectivity index (χ1) is 15.2. The molecule has 0 aliphatic carbocycles. The highest BCUT2D eigenvalue weighted by Gasteiger charge is 2.31. The normalized spacial score (nSPS) is 15.7. The molecule has 3 aromatic rings. The van der Waals surface area contributed by atoms with Gasteiger partial charge < -0.3 is 14.2 Å². The number of piperidine rings is 1. The van der Waals surface area contributed by atoms with Gasteiger partial charge in [0.2, 0.25) is 0 Å². The molecule has 1 aromatic heterocycles. The number of ether oxygens (including phenoxy) is 1. The van der Waals surface area contributed by atoms with Crippen molar-refractivity contribution in [2.75, 3.05) is 20.2 Å². The van der Waals surface area contributed by atoms with Crippen LogP contribution in [-0.4, -0.2) is 45.8 Å². The largest absolute Gasteiger partial charge is 0.367 e. The predicted molar refractivity (Wildman–Crippen MR) is 122 cm³/mol. The molecule has 1 aliphatic rings. The van der Waals surface area contributed by atoms with Gasteiger partial charge in [-0.3, -0.25) is 4.79 Å². The Labute approximate surface area is 187 Å². The first kappa shape index (κ1) is 21.6.